The van der Waals surface area contributed by atoms with Gasteiger partial charge in [0.25, 0.3) is 0 Å². The van der Waals surface area contributed by atoms with Crippen molar-refractivity contribution in [2.45, 2.75) is 148 Å². The first-order valence-electron chi connectivity index (χ1n) is 26.4. The molecule has 2 saturated heterocycles. The van der Waals surface area contributed by atoms with E-state index in [1.54, 1.807) is 27.7 Å². The monoisotopic (exact) mass is 1140 g/mol. The van der Waals surface area contributed by atoms with Gasteiger partial charge in [0.2, 0.25) is 0 Å². The van der Waals surface area contributed by atoms with Crippen molar-refractivity contribution in [3.05, 3.63) is 60.2 Å². The van der Waals surface area contributed by atoms with E-state index < -0.39 is 28.2 Å². The highest BCUT2D eigenvalue weighted by molar-refractivity contribution is 8.77. The fraction of sp³-hybridized carbons (Fsp3) is 0.702. The predicted octanol–water partition coefficient (Wildman–Crippen LogP) is 11.5. The summed E-state index contributed by atoms with van der Waals surface area (Å²) in [4.78, 5) is 76.4. The van der Waals surface area contributed by atoms with Crippen LogP contribution in [0.2, 0.25) is 0 Å². The van der Waals surface area contributed by atoms with Gasteiger partial charge in [0.15, 0.2) is 0 Å². The SMILES string of the molecule is C=C(C)C(=O)OCCN(C)C.C=C(C)C(=O)OCCOC(=O)CCCCC1CCSS1.CN(C)CCOC(=O)C(C)(CC(CC(C)(C)C#N)c1ccccc1)CC(C)(C)C(=O)OCCOC(=O)CCCCC1CCSS1. The molecule has 15 nitrogen and oxygen atoms in total. The largest absolute Gasteiger partial charge is 0.464 e. The number of hydrogen-bond acceptors (Lipinski definition) is 19. The zero-order chi connectivity index (χ0) is 57.2. The lowest BCUT2D eigenvalue weighted by atomic mass is 9.66. The van der Waals surface area contributed by atoms with Crippen molar-refractivity contribution >= 4 is 79.0 Å². The summed E-state index contributed by atoms with van der Waals surface area (Å²) in [6, 6.07) is 12.3. The van der Waals surface area contributed by atoms with Crippen LogP contribution in [0.4, 0.5) is 0 Å². The van der Waals surface area contributed by atoms with E-state index in [9.17, 15) is 34.0 Å². The standard InChI is InChI=1S/C35H54N2O6S2.C14H22O4S2.C8H15NO2/c1-33(2,26-36)23-28(27-13-9-8-10-14-27)24-35(5,32(40)42-19-18-37(6)7)25-34(3,4)31(39)43-21-20-41-30(38)16-12-11-15-29-17-22-44-45-29;1-11(2)14(16)18-9-8-17-13(15)6-4-3-5-12-7-10-19-20-12;1-7(2)8(10)11-6-5-9(3)4/h8-10,13-14,28-29H,11-12,15-25H2,1-7H3;12H,1,3-10H2,2H3;1,5-6H2,2-4H3. The highest BCUT2D eigenvalue weighted by atomic mass is 33.1. The van der Waals surface area contributed by atoms with Gasteiger partial charge in [-0.1, -0.05) is 99.5 Å². The maximum absolute atomic E-state index is 13.7. The quantitative estimate of drug-likeness (QED) is 0.0212. The van der Waals surface area contributed by atoms with Gasteiger partial charge in [-0.25, -0.2) is 9.59 Å². The molecular weight excluding hydrogens is 1050 g/mol. The minimum Gasteiger partial charge on any atom is -0.464 e. The first kappa shape index (κ1) is 70.3. The van der Waals surface area contributed by atoms with Crippen LogP contribution in [-0.2, 0) is 57.2 Å². The van der Waals surface area contributed by atoms with E-state index in [0.717, 1.165) is 49.5 Å². The molecule has 1 aromatic rings. The number of ether oxygens (including phenoxy) is 6. The average Bonchev–Trinajstić information content (AvgIpc) is 4.10. The highest BCUT2D eigenvalue weighted by Crippen LogP contribution is 2.46. The van der Waals surface area contributed by atoms with E-state index in [1.165, 1.54) is 30.8 Å². The molecule has 0 N–H and O–H groups in total. The molecule has 2 aliphatic heterocycles. The summed E-state index contributed by atoms with van der Waals surface area (Å²) >= 11 is 0. The third-order valence-electron chi connectivity index (χ3n) is 12.1. The van der Waals surface area contributed by atoms with Crippen molar-refractivity contribution in [2.75, 3.05) is 92.4 Å². The number of esters is 6. The first-order valence-corrected chi connectivity index (χ1v) is 31.2. The van der Waals surface area contributed by atoms with Gasteiger partial charge in [-0.2, -0.15) is 5.26 Å². The molecule has 0 amide bonds. The summed E-state index contributed by atoms with van der Waals surface area (Å²) in [6.45, 7) is 21.5. The van der Waals surface area contributed by atoms with E-state index >= 15 is 0 Å². The normalized spacial score (nSPS) is 16.3. The molecule has 19 heteroatoms. The van der Waals surface area contributed by atoms with Crippen LogP contribution in [0.3, 0.4) is 0 Å². The van der Waals surface area contributed by atoms with Crippen molar-refractivity contribution < 1.29 is 57.2 Å². The number of nitriles is 1. The molecule has 0 aliphatic carbocycles. The zero-order valence-electron chi connectivity index (χ0n) is 47.7. The maximum Gasteiger partial charge on any atom is 0.333 e. The number of benzene rings is 1. The van der Waals surface area contributed by atoms with Gasteiger partial charge in [-0.3, -0.25) is 19.2 Å². The molecule has 4 atom stereocenters. The van der Waals surface area contributed by atoms with E-state index in [1.807, 2.05) is 132 Å². The molecule has 0 saturated carbocycles. The maximum atomic E-state index is 13.7. The highest BCUT2D eigenvalue weighted by Gasteiger charge is 2.46. The van der Waals surface area contributed by atoms with Crippen molar-refractivity contribution in [1.82, 2.24) is 9.80 Å². The lowest BCUT2D eigenvalue weighted by Gasteiger charge is -2.38. The minimum atomic E-state index is -1.04. The summed E-state index contributed by atoms with van der Waals surface area (Å²) in [7, 11) is 15.5. The molecule has 4 unspecified atom stereocenters. The number of rotatable bonds is 33. The predicted molar refractivity (Wildman–Crippen MR) is 311 cm³/mol. The fourth-order valence-electron chi connectivity index (χ4n) is 7.91. The van der Waals surface area contributed by atoms with Crippen molar-refractivity contribution in [1.29, 1.82) is 5.26 Å². The van der Waals surface area contributed by atoms with Crippen LogP contribution < -0.4 is 0 Å². The molecule has 1 aromatic carbocycles. The van der Waals surface area contributed by atoms with E-state index in [0.29, 0.717) is 55.2 Å². The molecule has 0 spiro atoms. The van der Waals surface area contributed by atoms with Gasteiger partial charge in [0.05, 0.1) is 22.3 Å². The van der Waals surface area contributed by atoms with Crippen LogP contribution in [0.15, 0.2) is 54.6 Å². The van der Waals surface area contributed by atoms with Crippen LogP contribution in [0.1, 0.15) is 143 Å². The Morgan fingerprint density at radius 3 is 1.50 bits per heavy atom. The van der Waals surface area contributed by atoms with Gasteiger partial charge >= 0.3 is 35.8 Å². The van der Waals surface area contributed by atoms with E-state index in [4.69, 9.17) is 28.4 Å². The summed E-state index contributed by atoms with van der Waals surface area (Å²) in [5, 5.41) is 11.3. The average molecular weight is 1140 g/mol. The van der Waals surface area contributed by atoms with Gasteiger partial charge in [-0.15, -0.1) is 0 Å². The Bertz CT molecular complexity index is 1970. The third kappa shape index (κ3) is 32.9. The molecular formula is C57H91N3O12S4. The van der Waals surface area contributed by atoms with Crippen LogP contribution in [0.25, 0.3) is 0 Å². The number of nitrogens with zero attached hydrogens (tertiary/aromatic N) is 3. The number of carbonyl (C=O) groups is 6. The topological polar surface area (TPSA) is 188 Å². The number of unbranched alkanes of at least 4 members (excludes halogenated alkanes) is 2. The zero-order valence-corrected chi connectivity index (χ0v) is 50.9. The summed E-state index contributed by atoms with van der Waals surface area (Å²) in [6.07, 6.45) is 10.5. The second-order valence-electron chi connectivity index (χ2n) is 21.4. The molecule has 2 heterocycles. The summed E-state index contributed by atoms with van der Waals surface area (Å²) < 4.78 is 31.3. The second-order valence-corrected chi connectivity index (χ2v) is 27.0. The van der Waals surface area contributed by atoms with Crippen LogP contribution in [-0.4, -0.2) is 149 Å². The van der Waals surface area contributed by atoms with Crippen LogP contribution in [0.5, 0.6) is 0 Å². The Morgan fingerprint density at radius 1 is 0.632 bits per heavy atom. The Hall–Kier alpha value is -3.67. The van der Waals surface area contributed by atoms with Crippen molar-refractivity contribution in [3.63, 3.8) is 0 Å². The molecule has 0 radical (unpaired) electrons. The van der Waals surface area contributed by atoms with Crippen LogP contribution >= 0.6 is 43.2 Å². The molecule has 2 aliphatic rings. The summed E-state index contributed by atoms with van der Waals surface area (Å²) in [5.74, 6) is 0.242. The fourth-order valence-corrected chi connectivity index (χ4v) is 14.0. The van der Waals surface area contributed by atoms with Crippen molar-refractivity contribution in [2.24, 2.45) is 16.2 Å². The Kier molecular flexibility index (Phi) is 35.9. The lowest BCUT2D eigenvalue weighted by molar-refractivity contribution is -0.166. The molecule has 3 rings (SSSR count). The molecule has 430 valence electrons. The third-order valence-corrected chi connectivity index (χ3v) is 18.1. The van der Waals surface area contributed by atoms with E-state index in [2.05, 4.69) is 19.2 Å². The smallest absolute Gasteiger partial charge is 0.333 e. The molecule has 0 bridgehead atoms. The van der Waals surface area contributed by atoms with Gasteiger partial charge in [0, 0.05) is 59.1 Å². The number of carbonyl (C=O) groups excluding carboxylic acids is 6. The molecule has 0 aromatic heterocycles. The Labute approximate surface area is 472 Å². The Balaban J connectivity index is 0.000000758. The number of likely N-dealkylation sites (N-methyl/N-ethyl adjacent to an activating group) is 2. The van der Waals surface area contributed by atoms with Gasteiger partial charge in [0.1, 0.15) is 39.6 Å². The van der Waals surface area contributed by atoms with Crippen LogP contribution in [0, 0.1) is 27.6 Å². The summed E-state index contributed by atoms with van der Waals surface area (Å²) in [5.41, 5.74) is -0.851. The van der Waals surface area contributed by atoms with Gasteiger partial charge in [-0.05, 0) is 146 Å². The molecule has 2 fully saturated rings. The second kappa shape index (κ2) is 38.8. The van der Waals surface area contributed by atoms with Gasteiger partial charge < -0.3 is 38.2 Å². The number of hydrogen-bond donors (Lipinski definition) is 0. The first-order chi connectivity index (χ1) is 35.8. The van der Waals surface area contributed by atoms with Crippen molar-refractivity contribution in [3.8, 4) is 6.07 Å². The molecule has 76 heavy (non-hydrogen) atoms. The Morgan fingerprint density at radius 2 is 1.07 bits per heavy atom. The lowest BCUT2D eigenvalue weighted by Crippen LogP contribution is -2.41. The van der Waals surface area contributed by atoms with E-state index in [-0.39, 0.29) is 69.3 Å². The minimum absolute atomic E-state index is 0.00105.